The summed E-state index contributed by atoms with van der Waals surface area (Å²) in [5.41, 5.74) is 0.0650. The number of thioether (sulfide) groups is 1. The largest absolute Gasteiger partial charge is 0.476 e. The van der Waals surface area contributed by atoms with Crippen molar-refractivity contribution in [2.24, 2.45) is 0 Å². The molecule has 1 aliphatic rings. The van der Waals surface area contributed by atoms with Gasteiger partial charge in [-0.2, -0.15) is 0 Å². The van der Waals surface area contributed by atoms with Crippen LogP contribution in [0.4, 0.5) is 0 Å². The van der Waals surface area contributed by atoms with Crippen molar-refractivity contribution >= 4 is 35.0 Å². The second-order valence-corrected chi connectivity index (χ2v) is 5.72. The molecule has 1 fully saturated rings. The van der Waals surface area contributed by atoms with E-state index >= 15 is 0 Å². The van der Waals surface area contributed by atoms with E-state index < -0.39 is 5.97 Å². The van der Waals surface area contributed by atoms with Crippen LogP contribution in [-0.2, 0) is 11.2 Å². The van der Waals surface area contributed by atoms with Crippen molar-refractivity contribution < 1.29 is 14.7 Å². The minimum Gasteiger partial charge on any atom is -0.476 e. The van der Waals surface area contributed by atoms with Crippen LogP contribution < -0.4 is 10.6 Å². The summed E-state index contributed by atoms with van der Waals surface area (Å²) in [6.45, 7) is 0.480. The molecule has 1 atom stereocenters. The molecule has 1 aromatic heterocycles. The van der Waals surface area contributed by atoms with Crippen LogP contribution in [0.1, 0.15) is 15.5 Å². The minimum atomic E-state index is -1.02. The number of carboxylic acids is 1. The number of carbonyl (C=O) groups excluding carboxylic acids is 1. The highest BCUT2D eigenvalue weighted by Crippen LogP contribution is 2.11. The summed E-state index contributed by atoms with van der Waals surface area (Å²) in [5.74, 6) is 0.586. The van der Waals surface area contributed by atoms with Gasteiger partial charge in [0.25, 0.3) is 0 Å². The van der Waals surface area contributed by atoms with Crippen LogP contribution in [0.3, 0.4) is 0 Å². The lowest BCUT2D eigenvalue weighted by atomic mass is 10.3. The van der Waals surface area contributed by atoms with Crippen LogP contribution in [0.15, 0.2) is 5.38 Å². The third-order valence-electron chi connectivity index (χ3n) is 2.44. The maximum atomic E-state index is 11.7. The first-order chi connectivity index (χ1) is 8.66. The summed E-state index contributed by atoms with van der Waals surface area (Å²) in [6, 6.07) is -0.110. The Hall–Kier alpha value is -1.12. The number of rotatable bonds is 5. The van der Waals surface area contributed by atoms with Crippen molar-refractivity contribution in [2.45, 2.75) is 12.5 Å². The number of thiazole rings is 1. The maximum Gasteiger partial charge on any atom is 0.355 e. The van der Waals surface area contributed by atoms with E-state index in [4.69, 9.17) is 5.11 Å². The van der Waals surface area contributed by atoms with Gasteiger partial charge < -0.3 is 10.4 Å². The quantitative estimate of drug-likeness (QED) is 0.715. The summed E-state index contributed by atoms with van der Waals surface area (Å²) in [4.78, 5) is 26.2. The Kier molecular flexibility index (Phi) is 4.56. The number of hydrogen-bond donors (Lipinski definition) is 3. The average molecular weight is 287 g/mol. The lowest BCUT2D eigenvalue weighted by Gasteiger charge is -2.09. The molecule has 1 unspecified atom stereocenters. The number of aromatic nitrogens is 1. The van der Waals surface area contributed by atoms with Gasteiger partial charge in [-0.25, -0.2) is 9.78 Å². The Morgan fingerprint density at radius 2 is 2.44 bits per heavy atom. The van der Waals surface area contributed by atoms with Crippen LogP contribution >= 0.6 is 23.1 Å². The van der Waals surface area contributed by atoms with Crippen LogP contribution in [0.5, 0.6) is 0 Å². The Labute approximate surface area is 112 Å². The molecule has 1 amide bonds. The van der Waals surface area contributed by atoms with Crippen LogP contribution in [-0.4, -0.2) is 46.2 Å². The Morgan fingerprint density at radius 3 is 3.06 bits per heavy atom. The van der Waals surface area contributed by atoms with Gasteiger partial charge in [0, 0.05) is 30.0 Å². The van der Waals surface area contributed by atoms with E-state index in [0.29, 0.717) is 13.0 Å². The van der Waals surface area contributed by atoms with E-state index in [0.717, 1.165) is 16.6 Å². The van der Waals surface area contributed by atoms with Gasteiger partial charge in [-0.15, -0.1) is 23.1 Å². The first kappa shape index (κ1) is 13.3. The van der Waals surface area contributed by atoms with Crippen molar-refractivity contribution in [3.8, 4) is 0 Å². The summed E-state index contributed by atoms with van der Waals surface area (Å²) in [7, 11) is 0. The highest BCUT2D eigenvalue weighted by molar-refractivity contribution is 7.99. The molecule has 1 aliphatic heterocycles. The van der Waals surface area contributed by atoms with E-state index in [9.17, 15) is 9.59 Å². The number of hydrogen-bond acceptors (Lipinski definition) is 6. The fraction of sp³-hybridized carbons (Fsp3) is 0.500. The van der Waals surface area contributed by atoms with E-state index in [1.807, 2.05) is 0 Å². The number of nitrogens with one attached hydrogen (secondary N) is 2. The summed E-state index contributed by atoms with van der Waals surface area (Å²) < 4.78 is 0. The number of carboxylic acid groups (broad SMARTS) is 1. The zero-order valence-electron chi connectivity index (χ0n) is 9.51. The van der Waals surface area contributed by atoms with Crippen LogP contribution in [0, 0.1) is 0 Å². The molecule has 6 nitrogen and oxygen atoms in total. The van der Waals surface area contributed by atoms with Crippen molar-refractivity contribution in [3.05, 3.63) is 16.1 Å². The molecule has 2 heterocycles. The Balaban J connectivity index is 1.74. The van der Waals surface area contributed by atoms with E-state index in [2.05, 4.69) is 15.6 Å². The van der Waals surface area contributed by atoms with Crippen LogP contribution in [0.2, 0.25) is 0 Å². The van der Waals surface area contributed by atoms with Crippen molar-refractivity contribution in [2.75, 3.05) is 18.2 Å². The molecule has 0 bridgehead atoms. The topological polar surface area (TPSA) is 91.3 Å². The molecule has 0 aromatic carbocycles. The van der Waals surface area contributed by atoms with Gasteiger partial charge in [0.05, 0.1) is 11.0 Å². The lowest BCUT2D eigenvalue weighted by Crippen LogP contribution is -2.42. The fourth-order valence-electron chi connectivity index (χ4n) is 1.50. The zero-order valence-corrected chi connectivity index (χ0v) is 11.1. The van der Waals surface area contributed by atoms with Gasteiger partial charge in [-0.1, -0.05) is 0 Å². The van der Waals surface area contributed by atoms with Gasteiger partial charge in [0.1, 0.15) is 0 Å². The first-order valence-electron chi connectivity index (χ1n) is 5.43. The normalized spacial score (nSPS) is 18.8. The first-order valence-corrected chi connectivity index (χ1v) is 7.47. The monoisotopic (exact) mass is 287 g/mol. The van der Waals surface area contributed by atoms with Gasteiger partial charge >= 0.3 is 5.97 Å². The molecule has 98 valence electrons. The predicted molar refractivity (Wildman–Crippen MR) is 70.0 cm³/mol. The molecule has 2 rings (SSSR count). The van der Waals surface area contributed by atoms with Crippen molar-refractivity contribution in [3.63, 3.8) is 0 Å². The van der Waals surface area contributed by atoms with E-state index in [1.165, 1.54) is 16.7 Å². The molecule has 8 heteroatoms. The van der Waals surface area contributed by atoms with E-state index in [1.54, 1.807) is 11.8 Å². The predicted octanol–water partition coefficient (Wildman–Crippen LogP) is 0.162. The van der Waals surface area contributed by atoms with E-state index in [-0.39, 0.29) is 17.6 Å². The van der Waals surface area contributed by atoms with Gasteiger partial charge in [-0.3, -0.25) is 10.1 Å². The molecule has 0 saturated carbocycles. The second kappa shape index (κ2) is 6.17. The number of aromatic carboxylic acids is 1. The molecular formula is C10H13N3O3S2. The summed E-state index contributed by atoms with van der Waals surface area (Å²) >= 11 is 3.00. The summed E-state index contributed by atoms with van der Waals surface area (Å²) in [5, 5.41) is 16.9. The number of amides is 1. The third-order valence-corrected chi connectivity index (χ3v) is 4.29. The molecule has 0 radical (unpaired) electrons. The smallest absolute Gasteiger partial charge is 0.355 e. The highest BCUT2D eigenvalue weighted by Gasteiger charge is 2.21. The molecule has 0 spiro atoms. The molecule has 3 N–H and O–H groups in total. The van der Waals surface area contributed by atoms with Crippen molar-refractivity contribution in [1.29, 1.82) is 0 Å². The number of nitrogens with zero attached hydrogens (tertiary/aromatic N) is 1. The minimum absolute atomic E-state index is 0.00462. The Bertz CT molecular complexity index is 443. The fourth-order valence-corrected chi connectivity index (χ4v) is 3.22. The molecule has 18 heavy (non-hydrogen) atoms. The molecule has 1 aromatic rings. The molecule has 0 aliphatic carbocycles. The maximum absolute atomic E-state index is 11.7. The third kappa shape index (κ3) is 3.44. The SMILES string of the molecule is O=C(O)c1csc(CCNC(=O)C2CSCN2)n1. The molecular weight excluding hydrogens is 274 g/mol. The zero-order chi connectivity index (χ0) is 13.0. The highest BCUT2D eigenvalue weighted by atomic mass is 32.2. The molecule has 1 saturated heterocycles. The van der Waals surface area contributed by atoms with Gasteiger partial charge in [-0.05, 0) is 0 Å². The Morgan fingerprint density at radius 1 is 1.61 bits per heavy atom. The average Bonchev–Trinajstić information content (AvgIpc) is 3.00. The van der Waals surface area contributed by atoms with Gasteiger partial charge in [0.2, 0.25) is 5.91 Å². The second-order valence-electron chi connectivity index (χ2n) is 3.74. The van der Waals surface area contributed by atoms with Crippen molar-refractivity contribution in [1.82, 2.24) is 15.6 Å². The summed E-state index contributed by atoms with van der Waals surface area (Å²) in [6.07, 6.45) is 0.559. The standard InChI is InChI=1S/C10H13N3O3S2/c14-9(6-3-17-5-12-6)11-2-1-8-13-7(4-18-8)10(15)16/h4,6,12H,1-3,5H2,(H,11,14)(H,15,16). The lowest BCUT2D eigenvalue weighted by molar-refractivity contribution is -0.122. The van der Waals surface area contributed by atoms with Gasteiger partial charge in [0.15, 0.2) is 5.69 Å². The number of carbonyl (C=O) groups is 2. The van der Waals surface area contributed by atoms with Crippen LogP contribution in [0.25, 0.3) is 0 Å².